The molecule has 0 aromatic heterocycles. The number of carbonyl (C=O) groups excluding carboxylic acids is 1. The van der Waals surface area contributed by atoms with Gasteiger partial charge in [-0.1, -0.05) is 6.42 Å². The molecule has 3 N–H and O–H groups in total. The third-order valence-corrected chi connectivity index (χ3v) is 5.27. The summed E-state index contributed by atoms with van der Waals surface area (Å²) in [5, 5.41) is 6.05. The number of nitrogens with one attached hydrogen (secondary N) is 3. The third kappa shape index (κ3) is 5.40. The Labute approximate surface area is 130 Å². The Hall–Kier alpha value is -0.0200. The second-order valence-electron chi connectivity index (χ2n) is 5.20. The standard InChI is InChI=1S/C11H21N3O3S2.ClH/c1-19(16,17)14-9-4-2-3-8(9)5-12-11(15)10-6-18-7-13-10;/h8-10,13-14H,2-7H2,1H3,(H,12,15);1H. The van der Waals surface area contributed by atoms with Crippen molar-refractivity contribution in [3.05, 3.63) is 0 Å². The van der Waals surface area contributed by atoms with E-state index in [4.69, 9.17) is 0 Å². The summed E-state index contributed by atoms with van der Waals surface area (Å²) in [6.45, 7) is 0.550. The number of thioether (sulfide) groups is 1. The molecule has 0 aromatic rings. The number of carbonyl (C=O) groups is 1. The lowest BCUT2D eigenvalue weighted by atomic mass is 10.0. The van der Waals surface area contributed by atoms with Crippen LogP contribution in [0.4, 0.5) is 0 Å². The molecule has 1 aliphatic carbocycles. The molecule has 0 spiro atoms. The molecule has 118 valence electrons. The average Bonchev–Trinajstić information content (AvgIpc) is 2.94. The second kappa shape index (κ2) is 7.84. The largest absolute Gasteiger partial charge is 0.354 e. The van der Waals surface area contributed by atoms with E-state index in [1.54, 1.807) is 11.8 Å². The van der Waals surface area contributed by atoms with Crippen molar-refractivity contribution in [3.8, 4) is 0 Å². The van der Waals surface area contributed by atoms with E-state index in [0.717, 1.165) is 30.9 Å². The predicted molar refractivity (Wildman–Crippen MR) is 83.6 cm³/mol. The van der Waals surface area contributed by atoms with E-state index < -0.39 is 10.0 Å². The molecule has 1 saturated carbocycles. The predicted octanol–water partition coefficient (Wildman–Crippen LogP) is -0.0952. The number of rotatable bonds is 5. The summed E-state index contributed by atoms with van der Waals surface area (Å²) in [5.41, 5.74) is 0. The maximum absolute atomic E-state index is 11.9. The van der Waals surface area contributed by atoms with E-state index in [1.807, 2.05) is 0 Å². The van der Waals surface area contributed by atoms with Crippen LogP contribution < -0.4 is 15.4 Å². The van der Waals surface area contributed by atoms with Crippen molar-refractivity contribution in [1.29, 1.82) is 0 Å². The highest BCUT2D eigenvalue weighted by molar-refractivity contribution is 7.99. The van der Waals surface area contributed by atoms with Crippen LogP contribution in [0.25, 0.3) is 0 Å². The summed E-state index contributed by atoms with van der Waals surface area (Å²) >= 11 is 1.71. The lowest BCUT2D eigenvalue weighted by Gasteiger charge is -2.21. The normalized spacial score (nSPS) is 29.9. The van der Waals surface area contributed by atoms with Gasteiger partial charge in [0.25, 0.3) is 0 Å². The molecule has 0 radical (unpaired) electrons. The van der Waals surface area contributed by atoms with Crippen molar-refractivity contribution in [3.63, 3.8) is 0 Å². The van der Waals surface area contributed by atoms with E-state index in [2.05, 4.69) is 15.4 Å². The summed E-state index contributed by atoms with van der Waals surface area (Å²) < 4.78 is 25.2. The fourth-order valence-corrected chi connectivity index (χ4v) is 4.43. The van der Waals surface area contributed by atoms with Crippen molar-refractivity contribution in [2.45, 2.75) is 31.3 Å². The Morgan fingerprint density at radius 2 is 2.15 bits per heavy atom. The fraction of sp³-hybridized carbons (Fsp3) is 0.909. The highest BCUT2D eigenvalue weighted by atomic mass is 35.5. The zero-order valence-corrected chi connectivity index (χ0v) is 13.9. The van der Waals surface area contributed by atoms with Gasteiger partial charge >= 0.3 is 0 Å². The number of sulfonamides is 1. The first-order valence-corrected chi connectivity index (χ1v) is 9.56. The number of hydrogen-bond acceptors (Lipinski definition) is 5. The Morgan fingerprint density at radius 3 is 2.75 bits per heavy atom. The van der Waals surface area contributed by atoms with Crippen LogP contribution >= 0.6 is 24.2 Å². The number of amides is 1. The van der Waals surface area contributed by atoms with Crippen LogP contribution in [-0.4, -0.2) is 50.8 Å². The molecule has 2 aliphatic rings. The first kappa shape index (κ1) is 18.0. The Morgan fingerprint density at radius 1 is 1.40 bits per heavy atom. The minimum atomic E-state index is -3.17. The van der Waals surface area contributed by atoms with Gasteiger partial charge in [-0.15, -0.1) is 24.2 Å². The highest BCUT2D eigenvalue weighted by Gasteiger charge is 2.30. The molecule has 1 aliphatic heterocycles. The van der Waals surface area contributed by atoms with Crippen LogP contribution in [0.2, 0.25) is 0 Å². The molecule has 6 nitrogen and oxygen atoms in total. The van der Waals surface area contributed by atoms with Crippen molar-refractivity contribution < 1.29 is 13.2 Å². The van der Waals surface area contributed by atoms with Gasteiger partial charge in [-0.2, -0.15) is 0 Å². The van der Waals surface area contributed by atoms with Gasteiger partial charge in [-0.3, -0.25) is 10.1 Å². The maximum Gasteiger partial charge on any atom is 0.238 e. The Balaban J connectivity index is 0.00000200. The molecule has 0 bridgehead atoms. The maximum atomic E-state index is 11.9. The minimum absolute atomic E-state index is 0. The molecular formula is C11H22ClN3O3S2. The zero-order valence-electron chi connectivity index (χ0n) is 11.4. The van der Waals surface area contributed by atoms with Gasteiger partial charge in [0.2, 0.25) is 15.9 Å². The molecule has 3 atom stereocenters. The monoisotopic (exact) mass is 343 g/mol. The van der Waals surface area contributed by atoms with Gasteiger partial charge in [0, 0.05) is 24.2 Å². The van der Waals surface area contributed by atoms with Gasteiger partial charge in [-0.25, -0.2) is 13.1 Å². The molecule has 3 unspecified atom stereocenters. The van der Waals surface area contributed by atoms with Gasteiger partial charge in [0.15, 0.2) is 0 Å². The summed E-state index contributed by atoms with van der Waals surface area (Å²) in [4.78, 5) is 11.9. The molecule has 0 aromatic carbocycles. The van der Waals surface area contributed by atoms with Gasteiger partial charge in [-0.05, 0) is 18.8 Å². The Kier molecular flexibility index (Phi) is 7.07. The van der Waals surface area contributed by atoms with E-state index in [-0.39, 0.29) is 36.3 Å². The van der Waals surface area contributed by atoms with Gasteiger partial charge in [0.1, 0.15) is 0 Å². The Bertz CT molecular complexity index is 427. The number of hydrogen-bond donors (Lipinski definition) is 3. The third-order valence-electron chi connectivity index (χ3n) is 3.60. The van der Waals surface area contributed by atoms with E-state index in [0.29, 0.717) is 6.54 Å². The molecule has 9 heteroatoms. The quantitative estimate of drug-likeness (QED) is 0.649. The summed E-state index contributed by atoms with van der Waals surface area (Å²) in [6.07, 6.45) is 4.00. The zero-order chi connectivity index (χ0) is 13.9. The molecule has 1 saturated heterocycles. The van der Waals surface area contributed by atoms with Gasteiger partial charge in [0.05, 0.1) is 12.3 Å². The van der Waals surface area contributed by atoms with Gasteiger partial charge < -0.3 is 5.32 Å². The van der Waals surface area contributed by atoms with Crippen LogP contribution in [0, 0.1) is 5.92 Å². The smallest absolute Gasteiger partial charge is 0.238 e. The number of halogens is 1. The van der Waals surface area contributed by atoms with Crippen molar-refractivity contribution in [2.75, 3.05) is 24.4 Å². The molecule has 2 rings (SSSR count). The lowest BCUT2D eigenvalue weighted by molar-refractivity contribution is -0.122. The van der Waals surface area contributed by atoms with Crippen LogP contribution in [0.1, 0.15) is 19.3 Å². The van der Waals surface area contributed by atoms with E-state index in [9.17, 15) is 13.2 Å². The first-order chi connectivity index (χ1) is 8.96. The molecule has 2 fully saturated rings. The molecular weight excluding hydrogens is 322 g/mol. The van der Waals surface area contributed by atoms with Crippen LogP contribution in [0.3, 0.4) is 0 Å². The van der Waals surface area contributed by atoms with Crippen molar-refractivity contribution in [1.82, 2.24) is 15.4 Å². The SMILES string of the molecule is CS(=O)(=O)NC1CCCC1CNC(=O)C1CSCN1.Cl. The fourth-order valence-electron chi connectivity index (χ4n) is 2.63. The summed E-state index contributed by atoms with van der Waals surface area (Å²) in [7, 11) is -3.17. The van der Waals surface area contributed by atoms with Crippen molar-refractivity contribution >= 4 is 40.1 Å². The highest BCUT2D eigenvalue weighted by Crippen LogP contribution is 2.25. The van der Waals surface area contributed by atoms with Crippen molar-refractivity contribution in [2.24, 2.45) is 5.92 Å². The topological polar surface area (TPSA) is 87.3 Å². The summed E-state index contributed by atoms with van der Waals surface area (Å²) in [6, 6.07) is -0.145. The molecule has 1 heterocycles. The lowest BCUT2D eigenvalue weighted by Crippen LogP contribution is -2.46. The molecule has 20 heavy (non-hydrogen) atoms. The second-order valence-corrected chi connectivity index (χ2v) is 8.01. The van der Waals surface area contributed by atoms with Crippen LogP contribution in [0.15, 0.2) is 0 Å². The van der Waals surface area contributed by atoms with Crippen LogP contribution in [0.5, 0.6) is 0 Å². The summed E-state index contributed by atoms with van der Waals surface area (Å²) in [5.74, 6) is 1.85. The van der Waals surface area contributed by atoms with E-state index in [1.165, 1.54) is 6.26 Å². The minimum Gasteiger partial charge on any atom is -0.354 e. The van der Waals surface area contributed by atoms with E-state index >= 15 is 0 Å². The first-order valence-electron chi connectivity index (χ1n) is 6.52. The van der Waals surface area contributed by atoms with Crippen LogP contribution in [-0.2, 0) is 14.8 Å². The molecule has 1 amide bonds. The average molecular weight is 344 g/mol.